The lowest BCUT2D eigenvalue weighted by molar-refractivity contribution is 0.686. The highest BCUT2D eigenvalue weighted by Gasteiger charge is 2.19. The van der Waals surface area contributed by atoms with E-state index >= 15 is 0 Å². The number of anilines is 1. The lowest BCUT2D eigenvalue weighted by Gasteiger charge is -2.05. The van der Waals surface area contributed by atoms with Crippen molar-refractivity contribution >= 4 is 17.4 Å². The third kappa shape index (κ3) is 2.88. The Kier molecular flexibility index (Phi) is 3.25. The summed E-state index contributed by atoms with van der Waals surface area (Å²) in [6.45, 7) is 0.979. The van der Waals surface area contributed by atoms with E-state index in [0.717, 1.165) is 18.3 Å². The second-order valence-corrected chi connectivity index (χ2v) is 4.25. The van der Waals surface area contributed by atoms with Gasteiger partial charge in [-0.05, 0) is 30.9 Å². The number of nitrogens with zero attached hydrogens (tertiary/aromatic N) is 1. The van der Waals surface area contributed by atoms with Crippen molar-refractivity contribution in [1.29, 1.82) is 0 Å². The van der Waals surface area contributed by atoms with Crippen molar-refractivity contribution in [2.24, 2.45) is 5.92 Å². The van der Waals surface area contributed by atoms with Gasteiger partial charge in [-0.2, -0.15) is 0 Å². The highest BCUT2D eigenvalue weighted by Crippen LogP contribution is 2.33. The van der Waals surface area contributed by atoms with Crippen LogP contribution in [0, 0.1) is 5.92 Å². The summed E-state index contributed by atoms with van der Waals surface area (Å²) >= 11 is 5.95. The zero-order valence-electron chi connectivity index (χ0n) is 8.17. The molecule has 0 aliphatic heterocycles. The average molecular weight is 211 g/mol. The molecule has 1 aliphatic carbocycles. The molecule has 0 atom stereocenters. The Morgan fingerprint density at radius 1 is 1.50 bits per heavy atom. The van der Waals surface area contributed by atoms with Crippen molar-refractivity contribution in [3.63, 3.8) is 0 Å². The Balaban J connectivity index is 1.71. The van der Waals surface area contributed by atoms with Crippen LogP contribution in [0.4, 0.5) is 5.82 Å². The van der Waals surface area contributed by atoms with E-state index in [9.17, 15) is 0 Å². The average Bonchev–Trinajstić information content (AvgIpc) is 2.99. The van der Waals surface area contributed by atoms with Gasteiger partial charge in [0, 0.05) is 12.7 Å². The summed E-state index contributed by atoms with van der Waals surface area (Å²) in [6, 6.07) is 3.70. The molecule has 0 aromatic carbocycles. The molecule has 14 heavy (non-hydrogen) atoms. The molecule has 1 aromatic heterocycles. The van der Waals surface area contributed by atoms with Gasteiger partial charge in [-0.25, -0.2) is 4.98 Å². The topological polar surface area (TPSA) is 24.9 Å². The van der Waals surface area contributed by atoms with Gasteiger partial charge in [0.2, 0.25) is 0 Å². The van der Waals surface area contributed by atoms with Crippen LogP contribution in [-0.4, -0.2) is 11.5 Å². The predicted molar refractivity (Wildman–Crippen MR) is 59.7 cm³/mol. The highest BCUT2D eigenvalue weighted by molar-refractivity contribution is 6.32. The molecule has 0 saturated heterocycles. The zero-order valence-corrected chi connectivity index (χ0v) is 8.93. The number of aromatic nitrogens is 1. The third-order valence-electron chi connectivity index (χ3n) is 2.54. The summed E-state index contributed by atoms with van der Waals surface area (Å²) in [5.74, 6) is 1.82. The Morgan fingerprint density at radius 3 is 3.07 bits per heavy atom. The summed E-state index contributed by atoms with van der Waals surface area (Å²) in [7, 11) is 0. The first kappa shape index (κ1) is 9.78. The molecule has 1 fully saturated rings. The van der Waals surface area contributed by atoms with Crippen molar-refractivity contribution in [3.05, 3.63) is 23.4 Å². The van der Waals surface area contributed by atoms with Crippen LogP contribution in [0.15, 0.2) is 18.3 Å². The van der Waals surface area contributed by atoms with Gasteiger partial charge in [-0.15, -0.1) is 0 Å². The molecule has 3 heteroatoms. The van der Waals surface area contributed by atoms with Gasteiger partial charge in [-0.1, -0.05) is 24.4 Å². The van der Waals surface area contributed by atoms with Crippen molar-refractivity contribution in [2.75, 3.05) is 11.9 Å². The Morgan fingerprint density at radius 2 is 2.36 bits per heavy atom. The maximum Gasteiger partial charge on any atom is 0.144 e. The molecule has 1 N–H and O–H groups in total. The maximum absolute atomic E-state index is 5.95. The molecular formula is C11H15ClN2. The van der Waals surface area contributed by atoms with E-state index in [2.05, 4.69) is 10.3 Å². The van der Waals surface area contributed by atoms with E-state index in [1.807, 2.05) is 12.1 Å². The molecule has 0 amide bonds. The smallest absolute Gasteiger partial charge is 0.144 e. The molecular weight excluding hydrogens is 196 g/mol. The van der Waals surface area contributed by atoms with E-state index in [4.69, 9.17) is 11.6 Å². The number of pyridine rings is 1. The van der Waals surface area contributed by atoms with Crippen molar-refractivity contribution < 1.29 is 0 Å². The first-order chi connectivity index (χ1) is 6.86. The van der Waals surface area contributed by atoms with Crippen LogP contribution in [0.2, 0.25) is 5.02 Å². The molecule has 1 aliphatic rings. The normalized spacial score (nSPS) is 15.5. The van der Waals surface area contributed by atoms with Crippen LogP contribution in [0.25, 0.3) is 0 Å². The Hall–Kier alpha value is -0.760. The van der Waals surface area contributed by atoms with Crippen LogP contribution in [-0.2, 0) is 0 Å². The first-order valence-corrected chi connectivity index (χ1v) is 5.58. The monoisotopic (exact) mass is 210 g/mol. The fourth-order valence-corrected chi connectivity index (χ4v) is 1.71. The molecule has 76 valence electrons. The summed E-state index contributed by atoms with van der Waals surface area (Å²) < 4.78 is 0. The first-order valence-electron chi connectivity index (χ1n) is 5.20. The van der Waals surface area contributed by atoms with E-state index in [1.165, 1.54) is 25.7 Å². The van der Waals surface area contributed by atoms with Crippen LogP contribution in [0.5, 0.6) is 0 Å². The van der Waals surface area contributed by atoms with Gasteiger partial charge in [0.15, 0.2) is 0 Å². The molecule has 1 heterocycles. The third-order valence-corrected chi connectivity index (χ3v) is 2.84. The minimum absolute atomic E-state index is 0.707. The van der Waals surface area contributed by atoms with Gasteiger partial charge in [-0.3, -0.25) is 0 Å². The number of hydrogen-bond donors (Lipinski definition) is 1. The Labute approximate surface area is 89.7 Å². The van der Waals surface area contributed by atoms with Gasteiger partial charge in [0.25, 0.3) is 0 Å². The van der Waals surface area contributed by atoms with Gasteiger partial charge in [0.05, 0.1) is 5.02 Å². The van der Waals surface area contributed by atoms with Crippen molar-refractivity contribution in [3.8, 4) is 0 Å². The van der Waals surface area contributed by atoms with Crippen molar-refractivity contribution in [2.45, 2.75) is 25.7 Å². The van der Waals surface area contributed by atoms with Crippen molar-refractivity contribution in [1.82, 2.24) is 4.98 Å². The fraction of sp³-hybridized carbons (Fsp3) is 0.545. The molecule has 0 unspecified atom stereocenters. The predicted octanol–water partition coefficient (Wildman–Crippen LogP) is 3.34. The minimum Gasteiger partial charge on any atom is -0.369 e. The van der Waals surface area contributed by atoms with Gasteiger partial charge < -0.3 is 5.32 Å². The second kappa shape index (κ2) is 4.65. The largest absolute Gasteiger partial charge is 0.369 e. The van der Waals surface area contributed by atoms with E-state index in [0.29, 0.717) is 5.02 Å². The quantitative estimate of drug-likeness (QED) is 0.755. The molecule has 1 saturated carbocycles. The molecule has 2 rings (SSSR count). The Bertz CT molecular complexity index is 297. The minimum atomic E-state index is 0.707. The summed E-state index contributed by atoms with van der Waals surface area (Å²) in [6.07, 6.45) is 7.19. The number of halogens is 1. The summed E-state index contributed by atoms with van der Waals surface area (Å²) in [4.78, 5) is 4.17. The highest BCUT2D eigenvalue weighted by atomic mass is 35.5. The fourth-order valence-electron chi connectivity index (χ4n) is 1.52. The SMILES string of the molecule is Clc1cccnc1NCCCC1CC1. The van der Waals surface area contributed by atoms with E-state index < -0.39 is 0 Å². The second-order valence-electron chi connectivity index (χ2n) is 3.85. The van der Waals surface area contributed by atoms with Crippen LogP contribution in [0.3, 0.4) is 0 Å². The molecule has 0 spiro atoms. The zero-order chi connectivity index (χ0) is 9.80. The summed E-state index contributed by atoms with van der Waals surface area (Å²) in [5, 5.41) is 3.96. The van der Waals surface area contributed by atoms with Crippen LogP contribution < -0.4 is 5.32 Å². The van der Waals surface area contributed by atoms with E-state index in [-0.39, 0.29) is 0 Å². The molecule has 2 nitrogen and oxygen atoms in total. The number of hydrogen-bond acceptors (Lipinski definition) is 2. The maximum atomic E-state index is 5.95. The standard InChI is InChI=1S/C11H15ClN2/c12-10-4-2-8-14-11(10)13-7-1-3-9-5-6-9/h2,4,8-9H,1,3,5-7H2,(H,13,14). The lowest BCUT2D eigenvalue weighted by Crippen LogP contribution is -2.03. The van der Waals surface area contributed by atoms with E-state index in [1.54, 1.807) is 6.20 Å². The van der Waals surface area contributed by atoms with Gasteiger partial charge in [0.1, 0.15) is 5.82 Å². The molecule has 0 bridgehead atoms. The van der Waals surface area contributed by atoms with Gasteiger partial charge >= 0.3 is 0 Å². The molecule has 1 aromatic rings. The number of rotatable bonds is 5. The van der Waals surface area contributed by atoms with Crippen LogP contribution in [0.1, 0.15) is 25.7 Å². The number of nitrogens with one attached hydrogen (secondary N) is 1. The van der Waals surface area contributed by atoms with Crippen LogP contribution >= 0.6 is 11.6 Å². The summed E-state index contributed by atoms with van der Waals surface area (Å²) in [5.41, 5.74) is 0. The molecule has 0 radical (unpaired) electrons. The lowest BCUT2D eigenvalue weighted by atomic mass is 10.2.